The second kappa shape index (κ2) is 4.75. The summed E-state index contributed by atoms with van der Waals surface area (Å²) in [5.41, 5.74) is -0.0488. The first-order chi connectivity index (χ1) is 8.01. The van der Waals surface area contributed by atoms with Gasteiger partial charge in [0.2, 0.25) is 0 Å². The summed E-state index contributed by atoms with van der Waals surface area (Å²) in [6, 6.07) is 4.09. The van der Waals surface area contributed by atoms with Crippen LogP contribution >= 0.6 is 11.6 Å². The molecule has 1 aliphatic rings. The third kappa shape index (κ3) is 2.67. The predicted octanol–water partition coefficient (Wildman–Crippen LogP) is 3.16. The van der Waals surface area contributed by atoms with E-state index in [1.54, 1.807) is 13.0 Å². The number of carbonyl (C=O) groups is 1. The Balaban J connectivity index is 2.13. The molecule has 92 valence electrons. The van der Waals surface area contributed by atoms with E-state index in [0.29, 0.717) is 17.2 Å². The molecule has 1 aliphatic heterocycles. The molecule has 1 heterocycles. The number of ether oxygens (including phenoxy) is 1. The van der Waals surface area contributed by atoms with Gasteiger partial charge in [-0.1, -0.05) is 17.7 Å². The van der Waals surface area contributed by atoms with Crippen molar-refractivity contribution in [3.05, 3.63) is 34.6 Å². The second-order valence-electron chi connectivity index (χ2n) is 4.52. The molecule has 0 amide bonds. The molecule has 2 nitrogen and oxygen atoms in total. The van der Waals surface area contributed by atoms with Crippen LogP contribution in [0.1, 0.15) is 25.3 Å². The highest BCUT2D eigenvalue weighted by Gasteiger charge is 2.37. The zero-order chi connectivity index (χ0) is 12.5. The van der Waals surface area contributed by atoms with Gasteiger partial charge < -0.3 is 4.74 Å². The van der Waals surface area contributed by atoms with E-state index < -0.39 is 11.4 Å². The van der Waals surface area contributed by atoms with Gasteiger partial charge in [0.15, 0.2) is 5.78 Å². The lowest BCUT2D eigenvalue weighted by molar-refractivity contribution is -0.136. The standard InChI is InChI=1S/C13H14ClFO2/c1-13(5-2-6-17-13)12(16)7-9-3-4-10(15)8-11(9)14/h3-4,8H,2,5-7H2,1H3. The summed E-state index contributed by atoms with van der Waals surface area (Å²) < 4.78 is 18.3. The van der Waals surface area contributed by atoms with Crippen molar-refractivity contribution in [1.82, 2.24) is 0 Å². The Hall–Kier alpha value is -0.930. The van der Waals surface area contributed by atoms with Crippen molar-refractivity contribution in [2.24, 2.45) is 0 Å². The summed E-state index contributed by atoms with van der Waals surface area (Å²) in [4.78, 5) is 12.1. The van der Waals surface area contributed by atoms with Crippen LogP contribution in [0.25, 0.3) is 0 Å². The second-order valence-corrected chi connectivity index (χ2v) is 4.93. The molecule has 17 heavy (non-hydrogen) atoms. The fourth-order valence-electron chi connectivity index (χ4n) is 2.02. The Bertz CT molecular complexity index is 439. The number of rotatable bonds is 3. The molecule has 0 bridgehead atoms. The summed E-state index contributed by atoms with van der Waals surface area (Å²) >= 11 is 5.89. The van der Waals surface area contributed by atoms with Gasteiger partial charge in [-0.3, -0.25) is 4.79 Å². The van der Waals surface area contributed by atoms with Gasteiger partial charge in [-0.25, -0.2) is 4.39 Å². The minimum absolute atomic E-state index is 0.00325. The molecule has 1 fully saturated rings. The van der Waals surface area contributed by atoms with E-state index in [0.717, 1.165) is 12.8 Å². The minimum atomic E-state index is -0.697. The van der Waals surface area contributed by atoms with Crippen LogP contribution < -0.4 is 0 Å². The van der Waals surface area contributed by atoms with Gasteiger partial charge in [0.25, 0.3) is 0 Å². The highest BCUT2D eigenvalue weighted by atomic mass is 35.5. The van der Waals surface area contributed by atoms with Crippen LogP contribution in [0.5, 0.6) is 0 Å². The van der Waals surface area contributed by atoms with Crippen molar-refractivity contribution in [2.75, 3.05) is 6.61 Å². The number of hydrogen-bond donors (Lipinski definition) is 0. The molecule has 0 N–H and O–H groups in total. The number of carbonyl (C=O) groups excluding carboxylic acids is 1. The van der Waals surface area contributed by atoms with Gasteiger partial charge in [0, 0.05) is 18.1 Å². The molecule has 1 unspecified atom stereocenters. The Kier molecular flexibility index (Phi) is 3.50. The highest BCUT2D eigenvalue weighted by molar-refractivity contribution is 6.31. The number of Topliss-reactive ketones (excluding diaryl/α,β-unsaturated/α-hetero) is 1. The fourth-order valence-corrected chi connectivity index (χ4v) is 2.26. The van der Waals surface area contributed by atoms with Crippen LogP contribution in [-0.4, -0.2) is 18.0 Å². The van der Waals surface area contributed by atoms with E-state index in [1.165, 1.54) is 12.1 Å². The number of benzene rings is 1. The van der Waals surface area contributed by atoms with Crippen LogP contribution in [0.2, 0.25) is 5.02 Å². The van der Waals surface area contributed by atoms with E-state index in [2.05, 4.69) is 0 Å². The van der Waals surface area contributed by atoms with Crippen molar-refractivity contribution in [3.63, 3.8) is 0 Å². The maximum absolute atomic E-state index is 12.9. The lowest BCUT2D eigenvalue weighted by Gasteiger charge is -2.21. The highest BCUT2D eigenvalue weighted by Crippen LogP contribution is 2.28. The minimum Gasteiger partial charge on any atom is -0.367 e. The summed E-state index contributed by atoms with van der Waals surface area (Å²) in [6.45, 7) is 2.43. The fraction of sp³-hybridized carbons (Fsp3) is 0.462. The molecule has 0 aromatic heterocycles. The van der Waals surface area contributed by atoms with Gasteiger partial charge >= 0.3 is 0 Å². The van der Waals surface area contributed by atoms with Crippen molar-refractivity contribution >= 4 is 17.4 Å². The van der Waals surface area contributed by atoms with Gasteiger partial charge in [0.1, 0.15) is 11.4 Å². The molecule has 0 saturated carbocycles. The molecule has 0 radical (unpaired) electrons. The first-order valence-corrected chi connectivity index (χ1v) is 6.00. The third-order valence-corrected chi connectivity index (χ3v) is 3.53. The molecule has 1 aromatic rings. The monoisotopic (exact) mass is 256 g/mol. The normalized spacial score (nSPS) is 23.9. The number of halogens is 2. The topological polar surface area (TPSA) is 26.3 Å². The smallest absolute Gasteiger partial charge is 0.168 e. The van der Waals surface area contributed by atoms with Crippen LogP contribution in [-0.2, 0) is 16.0 Å². The van der Waals surface area contributed by atoms with Gasteiger partial charge in [-0.2, -0.15) is 0 Å². The zero-order valence-electron chi connectivity index (χ0n) is 9.63. The van der Waals surface area contributed by atoms with Crippen molar-refractivity contribution < 1.29 is 13.9 Å². The lowest BCUT2D eigenvalue weighted by atomic mass is 9.92. The molecule has 1 saturated heterocycles. The quantitative estimate of drug-likeness (QED) is 0.830. The molecular weight excluding hydrogens is 243 g/mol. The zero-order valence-corrected chi connectivity index (χ0v) is 10.4. The van der Waals surface area contributed by atoms with E-state index in [-0.39, 0.29) is 12.2 Å². The number of hydrogen-bond acceptors (Lipinski definition) is 2. The number of ketones is 1. The Morgan fingerprint density at radius 1 is 1.59 bits per heavy atom. The van der Waals surface area contributed by atoms with Gasteiger partial charge in [-0.05, 0) is 37.5 Å². The SMILES string of the molecule is CC1(C(=O)Cc2ccc(F)cc2Cl)CCCO1. The summed E-state index contributed by atoms with van der Waals surface area (Å²) in [5, 5.41) is 0.292. The first-order valence-electron chi connectivity index (χ1n) is 5.62. The van der Waals surface area contributed by atoms with E-state index in [1.807, 2.05) is 0 Å². The Morgan fingerprint density at radius 2 is 2.35 bits per heavy atom. The summed E-state index contributed by atoms with van der Waals surface area (Å²) in [6.07, 6.45) is 1.83. The van der Waals surface area contributed by atoms with Crippen molar-refractivity contribution in [3.8, 4) is 0 Å². The van der Waals surface area contributed by atoms with Crippen LogP contribution in [0.4, 0.5) is 4.39 Å². The first kappa shape index (κ1) is 12.5. The Morgan fingerprint density at radius 3 is 2.94 bits per heavy atom. The van der Waals surface area contributed by atoms with Gasteiger partial charge in [0.05, 0.1) is 0 Å². The maximum Gasteiger partial charge on any atom is 0.168 e. The van der Waals surface area contributed by atoms with E-state index in [9.17, 15) is 9.18 Å². The maximum atomic E-state index is 12.9. The largest absolute Gasteiger partial charge is 0.367 e. The van der Waals surface area contributed by atoms with Crippen molar-refractivity contribution in [1.29, 1.82) is 0 Å². The van der Waals surface area contributed by atoms with Crippen molar-refractivity contribution in [2.45, 2.75) is 31.8 Å². The lowest BCUT2D eigenvalue weighted by Crippen LogP contribution is -2.35. The molecule has 2 rings (SSSR count). The molecule has 4 heteroatoms. The average molecular weight is 257 g/mol. The summed E-state index contributed by atoms with van der Waals surface area (Å²) in [7, 11) is 0. The molecule has 0 spiro atoms. The molecule has 1 aromatic carbocycles. The molecule has 0 aliphatic carbocycles. The van der Waals surface area contributed by atoms with E-state index >= 15 is 0 Å². The van der Waals surface area contributed by atoms with E-state index in [4.69, 9.17) is 16.3 Å². The third-order valence-electron chi connectivity index (χ3n) is 3.17. The van der Waals surface area contributed by atoms with Crippen LogP contribution in [0.15, 0.2) is 18.2 Å². The van der Waals surface area contributed by atoms with Gasteiger partial charge in [-0.15, -0.1) is 0 Å². The van der Waals surface area contributed by atoms with Crippen LogP contribution in [0, 0.1) is 5.82 Å². The Labute approximate surface area is 105 Å². The summed E-state index contributed by atoms with van der Waals surface area (Å²) in [5.74, 6) is -0.391. The molecule has 1 atom stereocenters. The van der Waals surface area contributed by atoms with Crippen LogP contribution in [0.3, 0.4) is 0 Å². The predicted molar refractivity (Wildman–Crippen MR) is 63.7 cm³/mol. The average Bonchev–Trinajstić information content (AvgIpc) is 2.71. The molecular formula is C13H14ClFO2.